The summed E-state index contributed by atoms with van der Waals surface area (Å²) < 4.78 is 6.06. The molecule has 2 heterocycles. The lowest BCUT2D eigenvalue weighted by Crippen LogP contribution is -2.34. The highest BCUT2D eigenvalue weighted by atomic mass is 35.5. The number of ether oxygens (including phenoxy) is 1. The van der Waals surface area contributed by atoms with Gasteiger partial charge in [0.15, 0.2) is 0 Å². The minimum atomic E-state index is -0.376. The second-order valence-corrected chi connectivity index (χ2v) is 8.86. The highest BCUT2D eigenvalue weighted by molar-refractivity contribution is 6.32. The standard InChI is InChI=1S/C23H26ClNO5/c1-12(7-13-4-5-15(27)9-18(13)24)3-6-19-20-14(10-26)8-16-21(17(20)11-30-19)23(29)25(2)22(16)28/h4-5,7,9,16-17,19,21,26-27H,3,6,8,10-11H2,1-2H3/b12-7+/t16-,17+,19-,21-/m1/s1. The van der Waals surface area contributed by atoms with E-state index in [0.29, 0.717) is 18.1 Å². The van der Waals surface area contributed by atoms with E-state index in [2.05, 4.69) is 0 Å². The maximum atomic E-state index is 12.6. The number of allylic oxidation sites excluding steroid dienone is 1. The number of benzene rings is 1. The zero-order valence-electron chi connectivity index (χ0n) is 17.1. The Hall–Kier alpha value is -2.15. The number of aliphatic hydroxyl groups excluding tert-OH is 1. The van der Waals surface area contributed by atoms with E-state index in [-0.39, 0.29) is 48.0 Å². The van der Waals surface area contributed by atoms with Gasteiger partial charge in [-0.3, -0.25) is 14.5 Å². The van der Waals surface area contributed by atoms with Crippen LogP contribution < -0.4 is 0 Å². The van der Waals surface area contributed by atoms with Gasteiger partial charge in [0.25, 0.3) is 0 Å². The summed E-state index contributed by atoms with van der Waals surface area (Å²) in [5.41, 5.74) is 3.82. The number of hydrogen-bond donors (Lipinski definition) is 2. The highest BCUT2D eigenvalue weighted by Crippen LogP contribution is 2.49. The van der Waals surface area contributed by atoms with E-state index in [1.165, 1.54) is 18.0 Å². The molecule has 160 valence electrons. The van der Waals surface area contributed by atoms with Gasteiger partial charge in [-0.05, 0) is 61.1 Å². The molecular weight excluding hydrogens is 406 g/mol. The lowest BCUT2D eigenvalue weighted by Gasteiger charge is -2.31. The van der Waals surface area contributed by atoms with Gasteiger partial charge in [-0.1, -0.05) is 23.3 Å². The fourth-order valence-corrected chi connectivity index (χ4v) is 5.34. The number of carbonyl (C=O) groups is 2. The van der Waals surface area contributed by atoms with E-state index < -0.39 is 0 Å². The lowest BCUT2D eigenvalue weighted by atomic mass is 9.69. The number of hydrogen-bond acceptors (Lipinski definition) is 5. The van der Waals surface area contributed by atoms with Gasteiger partial charge in [0, 0.05) is 13.0 Å². The fraction of sp³-hybridized carbons (Fsp3) is 0.478. The number of carbonyl (C=O) groups excluding carboxylic acids is 2. The van der Waals surface area contributed by atoms with Crippen molar-refractivity contribution in [1.29, 1.82) is 0 Å². The predicted octanol–water partition coefficient (Wildman–Crippen LogP) is 3.17. The molecule has 0 radical (unpaired) electrons. The number of phenolic OH excluding ortho intramolecular Hbond substituents is 1. The van der Waals surface area contributed by atoms with Crippen LogP contribution in [0.4, 0.5) is 0 Å². The van der Waals surface area contributed by atoms with Crippen molar-refractivity contribution in [2.24, 2.45) is 17.8 Å². The Kier molecular flexibility index (Phi) is 5.75. The molecular formula is C23H26ClNO5. The van der Waals surface area contributed by atoms with Crippen LogP contribution in [0.5, 0.6) is 5.75 Å². The normalized spacial score (nSPS) is 28.9. The minimum absolute atomic E-state index is 0.113. The van der Waals surface area contributed by atoms with Crippen LogP contribution in [-0.2, 0) is 14.3 Å². The van der Waals surface area contributed by atoms with E-state index in [4.69, 9.17) is 16.3 Å². The third-order valence-electron chi connectivity index (χ3n) is 6.61. The van der Waals surface area contributed by atoms with Crippen molar-refractivity contribution < 1.29 is 24.5 Å². The van der Waals surface area contributed by atoms with E-state index in [1.807, 2.05) is 13.0 Å². The van der Waals surface area contributed by atoms with E-state index in [9.17, 15) is 19.8 Å². The van der Waals surface area contributed by atoms with Crippen molar-refractivity contribution in [3.8, 4) is 5.75 Å². The number of aromatic hydroxyl groups is 1. The predicted molar refractivity (Wildman–Crippen MR) is 113 cm³/mol. The van der Waals surface area contributed by atoms with Gasteiger partial charge >= 0.3 is 0 Å². The van der Waals surface area contributed by atoms with E-state index >= 15 is 0 Å². The molecule has 4 atom stereocenters. The fourth-order valence-electron chi connectivity index (χ4n) is 5.11. The van der Waals surface area contributed by atoms with Crippen molar-refractivity contribution in [2.75, 3.05) is 20.3 Å². The second-order valence-electron chi connectivity index (χ2n) is 8.45. The summed E-state index contributed by atoms with van der Waals surface area (Å²) in [6, 6.07) is 4.89. The van der Waals surface area contributed by atoms with Crippen molar-refractivity contribution in [2.45, 2.75) is 32.3 Å². The molecule has 0 saturated carbocycles. The molecule has 7 heteroatoms. The van der Waals surface area contributed by atoms with Gasteiger partial charge in [0.05, 0.1) is 36.2 Å². The molecule has 2 aliphatic heterocycles. The molecule has 2 amide bonds. The molecule has 1 aliphatic carbocycles. The third-order valence-corrected chi connectivity index (χ3v) is 6.93. The maximum Gasteiger partial charge on any atom is 0.233 e. The Morgan fingerprint density at radius 2 is 2.07 bits per heavy atom. The smallest absolute Gasteiger partial charge is 0.233 e. The first-order valence-corrected chi connectivity index (χ1v) is 10.6. The monoisotopic (exact) mass is 431 g/mol. The summed E-state index contributed by atoms with van der Waals surface area (Å²) in [7, 11) is 1.54. The van der Waals surface area contributed by atoms with Crippen molar-refractivity contribution in [1.82, 2.24) is 4.90 Å². The van der Waals surface area contributed by atoms with Gasteiger partial charge in [-0.25, -0.2) is 0 Å². The number of halogens is 1. The summed E-state index contributed by atoms with van der Waals surface area (Å²) in [4.78, 5) is 26.3. The van der Waals surface area contributed by atoms with Crippen LogP contribution in [0.25, 0.3) is 6.08 Å². The number of likely N-dealkylation sites (tertiary alicyclic amines) is 1. The quantitative estimate of drug-likeness (QED) is 0.552. The van der Waals surface area contributed by atoms with Crippen molar-refractivity contribution >= 4 is 29.5 Å². The van der Waals surface area contributed by atoms with Gasteiger partial charge in [0.1, 0.15) is 5.75 Å². The molecule has 0 spiro atoms. The number of amides is 2. The summed E-state index contributed by atoms with van der Waals surface area (Å²) >= 11 is 6.19. The number of phenols is 1. The first kappa shape index (κ1) is 21.1. The molecule has 2 N–H and O–H groups in total. The second kappa shape index (κ2) is 8.17. The van der Waals surface area contributed by atoms with E-state index in [1.54, 1.807) is 12.1 Å². The Morgan fingerprint density at radius 1 is 1.30 bits per heavy atom. The lowest BCUT2D eigenvalue weighted by molar-refractivity contribution is -0.138. The average Bonchev–Trinajstić information content (AvgIpc) is 3.23. The molecule has 2 fully saturated rings. The molecule has 0 aromatic heterocycles. The summed E-state index contributed by atoms with van der Waals surface area (Å²) in [5.74, 6) is -1.03. The van der Waals surface area contributed by atoms with Crippen LogP contribution in [-0.4, -0.2) is 53.3 Å². The largest absolute Gasteiger partial charge is 0.508 e. The Labute approximate surface area is 180 Å². The number of imide groups is 1. The summed E-state index contributed by atoms with van der Waals surface area (Å²) in [6.45, 7) is 2.31. The number of aliphatic hydroxyl groups is 1. The molecule has 0 bridgehead atoms. The molecule has 3 aliphatic rings. The molecule has 0 unspecified atom stereocenters. The molecule has 6 nitrogen and oxygen atoms in total. The van der Waals surface area contributed by atoms with Crippen LogP contribution >= 0.6 is 11.6 Å². The first-order valence-electron chi connectivity index (χ1n) is 10.2. The van der Waals surface area contributed by atoms with Crippen LogP contribution in [0.3, 0.4) is 0 Å². The Bertz CT molecular complexity index is 953. The molecule has 1 aromatic carbocycles. The third kappa shape index (κ3) is 3.57. The number of rotatable bonds is 5. The Balaban J connectivity index is 1.51. The van der Waals surface area contributed by atoms with Crippen LogP contribution in [0.15, 0.2) is 34.9 Å². The SMILES string of the molecule is C/C(=C\c1ccc(O)cc1Cl)CC[C@H]1OC[C@H]2C1=C(CO)C[C@H]1C(=O)N(C)C(=O)[C@H]12. The minimum Gasteiger partial charge on any atom is -0.508 e. The molecule has 4 rings (SSSR count). The maximum absolute atomic E-state index is 12.6. The molecule has 1 aromatic rings. The van der Waals surface area contributed by atoms with Gasteiger partial charge < -0.3 is 14.9 Å². The van der Waals surface area contributed by atoms with Gasteiger partial charge in [-0.15, -0.1) is 0 Å². The zero-order chi connectivity index (χ0) is 21.6. The summed E-state index contributed by atoms with van der Waals surface area (Å²) in [6.07, 6.45) is 3.74. The van der Waals surface area contributed by atoms with Crippen molar-refractivity contribution in [3.05, 3.63) is 45.5 Å². The zero-order valence-corrected chi connectivity index (χ0v) is 17.9. The van der Waals surface area contributed by atoms with Gasteiger partial charge in [-0.2, -0.15) is 0 Å². The number of fused-ring (bicyclic) bond motifs is 3. The van der Waals surface area contributed by atoms with Crippen LogP contribution in [0.1, 0.15) is 31.7 Å². The molecule has 2 saturated heterocycles. The topological polar surface area (TPSA) is 87.1 Å². The highest BCUT2D eigenvalue weighted by Gasteiger charge is 2.55. The number of nitrogens with zero attached hydrogens (tertiary/aromatic N) is 1. The van der Waals surface area contributed by atoms with Crippen LogP contribution in [0.2, 0.25) is 5.02 Å². The Morgan fingerprint density at radius 3 is 2.77 bits per heavy atom. The van der Waals surface area contributed by atoms with Crippen molar-refractivity contribution in [3.63, 3.8) is 0 Å². The molecule has 30 heavy (non-hydrogen) atoms. The summed E-state index contributed by atoms with van der Waals surface area (Å²) in [5, 5.41) is 19.9. The van der Waals surface area contributed by atoms with E-state index in [0.717, 1.165) is 35.1 Å². The first-order chi connectivity index (χ1) is 14.3. The van der Waals surface area contributed by atoms with Crippen LogP contribution in [0, 0.1) is 17.8 Å². The van der Waals surface area contributed by atoms with Gasteiger partial charge in [0.2, 0.25) is 11.8 Å². The average molecular weight is 432 g/mol.